The average Bonchev–Trinajstić information content (AvgIpc) is 2.86. The molecule has 0 atom stereocenters. The molecule has 0 fully saturated rings. The predicted molar refractivity (Wildman–Crippen MR) is 222 cm³/mol. The normalized spacial score (nSPS) is 11.5. The summed E-state index contributed by atoms with van der Waals surface area (Å²) in [4.78, 5) is 0. The minimum atomic E-state index is -0.114. The van der Waals surface area contributed by atoms with Crippen LogP contribution >= 0.6 is 31.7 Å². The first-order valence-corrected chi connectivity index (χ1v) is 24.7. The van der Waals surface area contributed by atoms with Crippen LogP contribution in [0.25, 0.3) is 0 Å². The van der Waals surface area contributed by atoms with Gasteiger partial charge in [-0.1, -0.05) is 49.6 Å². The van der Waals surface area contributed by atoms with E-state index in [1.54, 1.807) is 36.8 Å². The number of allylic oxidation sites excluding steroid dienone is 4. The van der Waals surface area contributed by atoms with E-state index in [9.17, 15) is 0 Å². The third-order valence-electron chi connectivity index (χ3n) is 8.68. The Morgan fingerprint density at radius 3 is 0.614 bits per heavy atom. The fourth-order valence-corrected chi connectivity index (χ4v) is 20.6. The van der Waals surface area contributed by atoms with E-state index in [2.05, 4.69) is 137 Å². The van der Waals surface area contributed by atoms with Gasteiger partial charge in [-0.3, -0.25) is 0 Å². The summed E-state index contributed by atoms with van der Waals surface area (Å²) in [6.45, 7) is 53.8. The molecule has 0 saturated heterocycles. The fourth-order valence-electron chi connectivity index (χ4n) is 6.08. The van der Waals surface area contributed by atoms with Crippen molar-refractivity contribution in [2.45, 2.75) is 169 Å². The molecule has 0 aliphatic rings. The average molecular weight is 780 g/mol. The summed E-state index contributed by atoms with van der Waals surface area (Å²) in [5, 5.41) is 0. The summed E-state index contributed by atoms with van der Waals surface area (Å²) >= 11 is 0. The van der Waals surface area contributed by atoms with Crippen LogP contribution in [0.4, 0.5) is 0 Å². The Bertz CT molecular complexity index is 580. The molecule has 0 amide bonds. The Hall–Kier alpha value is 1.67. The topological polar surface area (TPSA) is 0 Å². The number of hydrogen-bond donors (Lipinski definition) is 0. The molecule has 6 heteroatoms. The second kappa shape index (κ2) is 31.9. The van der Waals surface area contributed by atoms with Crippen molar-refractivity contribution in [3.8, 4) is 0 Å². The van der Waals surface area contributed by atoms with E-state index >= 15 is 0 Å². The maximum absolute atomic E-state index is 3.79. The van der Waals surface area contributed by atoms with E-state index < -0.39 is 0 Å². The first kappa shape index (κ1) is 55.1. The standard InChI is InChI=1S/2C14H32P2.C10H14.2Ni/c2*1-11(2)15(12(3)4)9-10-16(13(5)6)14(7)8;1-5-9(3)7-8-10(4)6-2;;/h2*11-14H,9-10H2,1-8H3;5-6H,1-4,7-8H2;;/p+4. The van der Waals surface area contributed by atoms with E-state index in [1.165, 1.54) is 0 Å². The van der Waals surface area contributed by atoms with Gasteiger partial charge in [0.25, 0.3) is 0 Å². The van der Waals surface area contributed by atoms with E-state index in [4.69, 9.17) is 0 Å². The molecular weight excluding hydrogens is 698 g/mol. The Morgan fingerprint density at radius 1 is 0.386 bits per heavy atom. The maximum atomic E-state index is 3.79. The van der Waals surface area contributed by atoms with E-state index in [-0.39, 0.29) is 64.7 Å². The summed E-state index contributed by atoms with van der Waals surface area (Å²) in [7, 11) is -0.458. The van der Waals surface area contributed by atoms with Gasteiger partial charge >= 0.3 is 0 Å². The quantitative estimate of drug-likeness (QED) is 0.0696. The van der Waals surface area contributed by atoms with Gasteiger partial charge in [-0.15, -0.1) is 0 Å². The molecule has 0 rings (SSSR count). The van der Waals surface area contributed by atoms with E-state index in [0.29, 0.717) is 0 Å². The third kappa shape index (κ3) is 28.7. The monoisotopic (exact) mass is 778 g/mol. The van der Waals surface area contributed by atoms with Crippen LogP contribution in [0.15, 0.2) is 49.6 Å². The molecule has 0 saturated carbocycles. The Labute approximate surface area is 306 Å². The first-order chi connectivity index (χ1) is 19.2. The molecule has 0 aliphatic heterocycles. The van der Waals surface area contributed by atoms with Crippen molar-refractivity contribution in [3.05, 3.63) is 49.6 Å². The van der Waals surface area contributed by atoms with Crippen LogP contribution in [-0.2, 0) is 33.0 Å². The second-order valence-corrected chi connectivity index (χ2v) is 30.6. The molecule has 44 heavy (non-hydrogen) atoms. The van der Waals surface area contributed by atoms with Crippen LogP contribution < -0.4 is 0 Å². The van der Waals surface area contributed by atoms with Crippen molar-refractivity contribution < 1.29 is 33.0 Å². The van der Waals surface area contributed by atoms with Crippen LogP contribution in [0.1, 0.15) is 124 Å². The summed E-state index contributed by atoms with van der Waals surface area (Å²) in [5.41, 5.74) is 9.73. The smallest absolute Gasteiger partial charge is 0.0910 e. The molecule has 0 radical (unpaired) electrons. The molecule has 0 nitrogen and oxygen atoms in total. The van der Waals surface area contributed by atoms with Crippen LogP contribution in [0, 0.1) is 0 Å². The van der Waals surface area contributed by atoms with Crippen molar-refractivity contribution in [3.63, 3.8) is 0 Å². The van der Waals surface area contributed by atoms with Crippen molar-refractivity contribution >= 4 is 31.7 Å². The molecule has 0 unspecified atom stereocenters. The van der Waals surface area contributed by atoms with Crippen LogP contribution in [0.3, 0.4) is 0 Å². The molecule has 0 aliphatic carbocycles. The SMILES string of the molecule is C=CC(=C)CCC(=C)C=C.CC(C)[PH+](CC[PH+](C(C)C)C(C)C)C(C)C.CC(C)[PH+](CC[PH+](C(C)C)C(C)C)C(C)C.[Ni].[Ni]. The Kier molecular flexibility index (Phi) is 39.9. The summed E-state index contributed by atoms with van der Waals surface area (Å²) < 4.78 is 0. The Balaban J connectivity index is -0.000000174. The Morgan fingerprint density at radius 2 is 0.523 bits per heavy atom. The summed E-state index contributed by atoms with van der Waals surface area (Å²) in [6.07, 6.45) is 11.7. The van der Waals surface area contributed by atoms with Crippen molar-refractivity contribution in [2.24, 2.45) is 0 Å². The molecular formula is C38H82Ni2P4+4. The molecule has 0 bridgehead atoms. The molecule has 0 heterocycles. The zero-order valence-electron chi connectivity index (χ0n) is 32.5. The molecule has 0 N–H and O–H groups in total. The van der Waals surface area contributed by atoms with Gasteiger partial charge in [0.1, 0.15) is 0 Å². The minimum absolute atomic E-state index is 0. The van der Waals surface area contributed by atoms with Crippen LogP contribution in [-0.4, -0.2) is 69.9 Å². The zero-order chi connectivity index (χ0) is 33.7. The summed E-state index contributed by atoms with van der Waals surface area (Å²) in [6, 6.07) is 0. The molecule has 0 spiro atoms. The van der Waals surface area contributed by atoms with Gasteiger partial charge in [0.15, 0.2) is 0 Å². The number of rotatable bonds is 19. The summed E-state index contributed by atoms with van der Waals surface area (Å²) in [5.74, 6) is 0. The van der Waals surface area contributed by atoms with Crippen LogP contribution in [0.5, 0.6) is 0 Å². The van der Waals surface area contributed by atoms with Gasteiger partial charge in [0, 0.05) is 64.7 Å². The van der Waals surface area contributed by atoms with Gasteiger partial charge in [-0.2, -0.15) is 0 Å². The van der Waals surface area contributed by atoms with Gasteiger partial charge in [0.05, 0.1) is 69.9 Å². The fraction of sp³-hybridized carbons (Fsp3) is 0.789. The van der Waals surface area contributed by atoms with Gasteiger partial charge in [0.2, 0.25) is 0 Å². The molecule has 270 valence electrons. The third-order valence-corrected chi connectivity index (χ3v) is 24.9. The van der Waals surface area contributed by atoms with Gasteiger partial charge in [-0.05, 0) is 124 Å². The van der Waals surface area contributed by atoms with Crippen molar-refractivity contribution in [1.82, 2.24) is 0 Å². The number of hydrogen-bond acceptors (Lipinski definition) is 0. The maximum Gasteiger partial charge on any atom is 0.0910 e. The van der Waals surface area contributed by atoms with Crippen molar-refractivity contribution in [1.29, 1.82) is 0 Å². The minimum Gasteiger partial charge on any atom is -0.0988 e. The molecule has 0 aromatic rings. The van der Waals surface area contributed by atoms with E-state index in [1.807, 2.05) is 0 Å². The molecule has 0 aromatic carbocycles. The van der Waals surface area contributed by atoms with E-state index in [0.717, 1.165) is 69.3 Å². The largest absolute Gasteiger partial charge is 0.0988 e. The predicted octanol–water partition coefficient (Wildman–Crippen LogP) is 13.3. The van der Waals surface area contributed by atoms with Crippen molar-refractivity contribution in [2.75, 3.05) is 24.6 Å². The zero-order valence-corrected chi connectivity index (χ0v) is 38.5. The second-order valence-electron chi connectivity index (χ2n) is 14.8. The van der Waals surface area contributed by atoms with Gasteiger partial charge in [-0.25, -0.2) is 0 Å². The molecule has 0 aromatic heterocycles. The first-order valence-electron chi connectivity index (χ1n) is 17.3. The van der Waals surface area contributed by atoms with Gasteiger partial charge < -0.3 is 0 Å². The van der Waals surface area contributed by atoms with Crippen LogP contribution in [0.2, 0.25) is 0 Å².